The molecule has 1 N–H and O–H groups in total. The van der Waals surface area contributed by atoms with Crippen LogP contribution in [0.15, 0.2) is 60.3 Å². The molecule has 1 aromatic carbocycles. The Kier molecular flexibility index (Phi) is 4.41. The molecule has 1 heterocycles. The molecule has 20 heavy (non-hydrogen) atoms. The summed E-state index contributed by atoms with van der Waals surface area (Å²) in [5, 5.41) is 2.93. The highest BCUT2D eigenvalue weighted by Crippen LogP contribution is 2.26. The first kappa shape index (κ1) is 14.1. The summed E-state index contributed by atoms with van der Waals surface area (Å²) in [5.41, 5.74) is 4.21. The van der Waals surface area contributed by atoms with E-state index in [2.05, 4.69) is 31.8 Å². The first-order valence-corrected chi connectivity index (χ1v) is 6.73. The molecule has 2 amide bonds. The number of urea groups is 1. The number of carbonyl (C=O) groups is 1. The fourth-order valence-corrected chi connectivity index (χ4v) is 2.15. The van der Waals surface area contributed by atoms with E-state index in [-0.39, 0.29) is 6.03 Å². The predicted octanol–water partition coefficient (Wildman–Crippen LogP) is 4.46. The fraction of sp³-hybridized carbons (Fsp3) is 0.235. The SMILES string of the molecule is C=C/C=C(\CC=C(C)C)N1Cc2ccccc2NC1=O. The zero-order chi connectivity index (χ0) is 14.5. The molecule has 0 saturated heterocycles. The van der Waals surface area contributed by atoms with Crippen LogP contribution in [0.2, 0.25) is 0 Å². The number of hydrogen-bond donors (Lipinski definition) is 1. The quantitative estimate of drug-likeness (QED) is 0.634. The average molecular weight is 268 g/mol. The predicted molar refractivity (Wildman–Crippen MR) is 83.3 cm³/mol. The maximum atomic E-state index is 12.2. The number of nitrogens with zero attached hydrogens (tertiary/aromatic N) is 1. The minimum absolute atomic E-state index is 0.0843. The molecule has 104 valence electrons. The molecule has 0 saturated carbocycles. The van der Waals surface area contributed by atoms with Crippen molar-refractivity contribution in [3.05, 3.63) is 65.9 Å². The molecule has 0 bridgehead atoms. The highest BCUT2D eigenvalue weighted by molar-refractivity contribution is 5.93. The van der Waals surface area contributed by atoms with Crippen LogP contribution in [-0.4, -0.2) is 10.9 Å². The molecule has 1 aliphatic heterocycles. The summed E-state index contributed by atoms with van der Waals surface area (Å²) >= 11 is 0. The largest absolute Gasteiger partial charge is 0.326 e. The Morgan fingerprint density at radius 3 is 2.85 bits per heavy atom. The lowest BCUT2D eigenvalue weighted by molar-refractivity contribution is 0.220. The maximum absolute atomic E-state index is 12.2. The van der Waals surface area contributed by atoms with Gasteiger partial charge in [0.15, 0.2) is 0 Å². The summed E-state index contributed by atoms with van der Waals surface area (Å²) in [4.78, 5) is 14.0. The molecule has 0 aromatic heterocycles. The minimum atomic E-state index is -0.0843. The smallest absolute Gasteiger partial charge is 0.307 e. The van der Waals surface area contributed by atoms with E-state index in [0.717, 1.165) is 23.4 Å². The van der Waals surface area contributed by atoms with E-state index in [1.165, 1.54) is 5.57 Å². The number of benzene rings is 1. The first-order valence-electron chi connectivity index (χ1n) is 6.73. The van der Waals surface area contributed by atoms with Crippen molar-refractivity contribution in [1.82, 2.24) is 4.90 Å². The van der Waals surface area contributed by atoms with Gasteiger partial charge < -0.3 is 5.32 Å². The van der Waals surface area contributed by atoms with Crippen molar-refractivity contribution in [3.8, 4) is 0 Å². The van der Waals surface area contributed by atoms with Crippen LogP contribution in [0.1, 0.15) is 25.8 Å². The van der Waals surface area contributed by atoms with Crippen LogP contribution in [0.4, 0.5) is 10.5 Å². The zero-order valence-corrected chi connectivity index (χ0v) is 12.0. The van der Waals surface area contributed by atoms with Gasteiger partial charge in [-0.3, -0.25) is 4.90 Å². The Morgan fingerprint density at radius 2 is 2.15 bits per heavy atom. The third-order valence-corrected chi connectivity index (χ3v) is 3.21. The van der Waals surface area contributed by atoms with Gasteiger partial charge in [-0.1, -0.05) is 42.5 Å². The van der Waals surface area contributed by atoms with E-state index in [1.807, 2.05) is 30.3 Å². The highest BCUT2D eigenvalue weighted by Gasteiger charge is 2.24. The molecule has 0 spiro atoms. The molecular weight excluding hydrogens is 248 g/mol. The van der Waals surface area contributed by atoms with E-state index in [0.29, 0.717) is 6.54 Å². The number of anilines is 1. The van der Waals surface area contributed by atoms with Crippen molar-refractivity contribution in [2.45, 2.75) is 26.8 Å². The summed E-state index contributed by atoms with van der Waals surface area (Å²) in [6, 6.07) is 7.80. The van der Waals surface area contributed by atoms with Gasteiger partial charge in [-0.15, -0.1) is 0 Å². The number of para-hydroxylation sites is 1. The van der Waals surface area contributed by atoms with Gasteiger partial charge in [0.25, 0.3) is 0 Å². The maximum Gasteiger partial charge on any atom is 0.326 e. The van der Waals surface area contributed by atoms with Gasteiger partial charge in [-0.05, 0) is 31.6 Å². The number of rotatable bonds is 4. The van der Waals surface area contributed by atoms with Crippen molar-refractivity contribution in [3.63, 3.8) is 0 Å². The summed E-state index contributed by atoms with van der Waals surface area (Å²) in [5.74, 6) is 0. The average Bonchev–Trinajstić information content (AvgIpc) is 2.42. The molecule has 3 nitrogen and oxygen atoms in total. The van der Waals surface area contributed by atoms with Crippen LogP contribution >= 0.6 is 0 Å². The van der Waals surface area contributed by atoms with Gasteiger partial charge in [-0.2, -0.15) is 0 Å². The number of amides is 2. The van der Waals surface area contributed by atoms with E-state index in [4.69, 9.17) is 0 Å². The molecule has 2 rings (SSSR count). The van der Waals surface area contributed by atoms with Crippen molar-refractivity contribution in [1.29, 1.82) is 0 Å². The second-order valence-electron chi connectivity index (χ2n) is 5.05. The summed E-state index contributed by atoms with van der Waals surface area (Å²) in [6.07, 6.45) is 6.46. The molecular formula is C17H20N2O. The number of nitrogens with one attached hydrogen (secondary N) is 1. The van der Waals surface area contributed by atoms with Gasteiger partial charge in [0.2, 0.25) is 0 Å². The van der Waals surface area contributed by atoms with E-state index in [9.17, 15) is 4.79 Å². The monoisotopic (exact) mass is 268 g/mol. The highest BCUT2D eigenvalue weighted by atomic mass is 16.2. The Balaban J connectivity index is 2.27. The van der Waals surface area contributed by atoms with Crippen LogP contribution in [-0.2, 0) is 6.54 Å². The Labute approximate surface area is 120 Å². The van der Waals surface area contributed by atoms with Crippen LogP contribution < -0.4 is 5.32 Å². The third kappa shape index (κ3) is 3.18. The molecule has 1 aliphatic rings. The van der Waals surface area contributed by atoms with Crippen molar-refractivity contribution < 1.29 is 4.79 Å². The molecule has 0 fully saturated rings. The van der Waals surface area contributed by atoms with E-state index in [1.54, 1.807) is 11.0 Å². The summed E-state index contributed by atoms with van der Waals surface area (Å²) in [7, 11) is 0. The van der Waals surface area contributed by atoms with Crippen molar-refractivity contribution in [2.75, 3.05) is 5.32 Å². The molecule has 3 heteroatoms. The topological polar surface area (TPSA) is 32.3 Å². The van der Waals surface area contributed by atoms with Gasteiger partial charge in [0.05, 0.1) is 6.54 Å². The summed E-state index contributed by atoms with van der Waals surface area (Å²) < 4.78 is 0. The lowest BCUT2D eigenvalue weighted by Gasteiger charge is -2.31. The second-order valence-corrected chi connectivity index (χ2v) is 5.05. The Bertz CT molecular complexity index is 580. The Hall–Kier alpha value is -2.29. The van der Waals surface area contributed by atoms with E-state index >= 15 is 0 Å². The zero-order valence-electron chi connectivity index (χ0n) is 12.0. The number of fused-ring (bicyclic) bond motifs is 1. The lowest BCUT2D eigenvalue weighted by Crippen LogP contribution is -2.37. The van der Waals surface area contributed by atoms with Crippen molar-refractivity contribution >= 4 is 11.7 Å². The van der Waals surface area contributed by atoms with Gasteiger partial charge in [-0.25, -0.2) is 4.79 Å². The normalized spacial score (nSPS) is 14.4. The van der Waals surface area contributed by atoms with Gasteiger partial charge in [0, 0.05) is 17.8 Å². The van der Waals surface area contributed by atoms with Gasteiger partial charge >= 0.3 is 6.03 Å². The molecule has 0 unspecified atom stereocenters. The number of carbonyl (C=O) groups excluding carboxylic acids is 1. The van der Waals surface area contributed by atoms with Gasteiger partial charge in [0.1, 0.15) is 0 Å². The molecule has 0 atom stereocenters. The van der Waals surface area contributed by atoms with Crippen molar-refractivity contribution in [2.24, 2.45) is 0 Å². The standard InChI is InChI=1S/C17H20N2O/c1-4-7-15(11-10-13(2)3)19-12-14-8-5-6-9-16(14)18-17(19)20/h4-10H,1,11-12H2,2-3H3,(H,18,20)/b15-7+. The fourth-order valence-electron chi connectivity index (χ4n) is 2.15. The third-order valence-electron chi connectivity index (χ3n) is 3.21. The lowest BCUT2D eigenvalue weighted by atomic mass is 10.1. The second kappa shape index (κ2) is 6.24. The molecule has 1 aromatic rings. The van der Waals surface area contributed by atoms with Crippen LogP contribution in [0.5, 0.6) is 0 Å². The summed E-state index contributed by atoms with van der Waals surface area (Å²) in [6.45, 7) is 8.44. The van der Waals surface area contributed by atoms with E-state index < -0.39 is 0 Å². The minimum Gasteiger partial charge on any atom is -0.307 e. The van der Waals surface area contributed by atoms with Crippen LogP contribution in [0.25, 0.3) is 0 Å². The van der Waals surface area contributed by atoms with Crippen LogP contribution in [0, 0.1) is 0 Å². The molecule has 0 radical (unpaired) electrons. The first-order chi connectivity index (χ1) is 9.61. The number of allylic oxidation sites excluding steroid dienone is 4. The molecule has 0 aliphatic carbocycles. The Morgan fingerprint density at radius 1 is 1.40 bits per heavy atom. The number of hydrogen-bond acceptors (Lipinski definition) is 1. The van der Waals surface area contributed by atoms with Crippen LogP contribution in [0.3, 0.4) is 0 Å².